The summed E-state index contributed by atoms with van der Waals surface area (Å²) >= 11 is 0. The van der Waals surface area contributed by atoms with Crippen LogP contribution in [-0.2, 0) is 4.79 Å². The van der Waals surface area contributed by atoms with Crippen LogP contribution in [0.25, 0.3) is 0 Å². The molecular weight excluding hydrogens is 530 g/mol. The smallest absolute Gasteiger partial charge is 0.335 e. The van der Waals surface area contributed by atoms with Crippen LogP contribution in [0.5, 0.6) is 0 Å². The van der Waals surface area contributed by atoms with Gasteiger partial charge in [0.2, 0.25) is 0 Å². The van der Waals surface area contributed by atoms with Crippen molar-refractivity contribution in [3.05, 3.63) is 42.0 Å². The summed E-state index contributed by atoms with van der Waals surface area (Å²) in [6.45, 7) is 2.26. The summed E-state index contributed by atoms with van der Waals surface area (Å²) in [5, 5.41) is 16.9. The van der Waals surface area contributed by atoms with Gasteiger partial charge in [-0.3, -0.25) is 4.79 Å². The molecule has 1 rings (SSSR count). The van der Waals surface area contributed by atoms with Crippen LogP contribution in [0.3, 0.4) is 0 Å². The molecule has 0 aromatic heterocycles. The summed E-state index contributed by atoms with van der Waals surface area (Å²) in [6.07, 6.45) is 21.2. The van der Waals surface area contributed by atoms with E-state index in [1.165, 1.54) is 82.8 Å². The number of aliphatic carboxylic acids is 1. The molecule has 0 aliphatic carbocycles. The molecule has 0 saturated heterocycles. The van der Waals surface area contributed by atoms with E-state index in [0.717, 1.165) is 12.8 Å². The van der Waals surface area contributed by atoms with Gasteiger partial charge in [-0.1, -0.05) is 70.4 Å². The van der Waals surface area contributed by atoms with Gasteiger partial charge in [0.25, 0.3) is 0 Å². The first kappa shape index (κ1) is 32.5. The van der Waals surface area contributed by atoms with E-state index in [4.69, 9.17) is 15.9 Å². The maximum Gasteiger partial charge on any atom is 0.335 e. The molecule has 0 aliphatic rings. The average molecular weight is 572 g/mol. The van der Waals surface area contributed by atoms with E-state index in [0.29, 0.717) is 12.1 Å². The summed E-state index contributed by atoms with van der Waals surface area (Å²) in [5.74, 6) is -1.59. The fourth-order valence-corrected chi connectivity index (χ4v) is 2.97. The summed E-state index contributed by atoms with van der Waals surface area (Å²) in [7, 11) is 0. The molecule has 1 aromatic carbocycles. The summed E-state index contributed by atoms with van der Waals surface area (Å²) < 4.78 is 0. The fourth-order valence-electron chi connectivity index (χ4n) is 2.97. The molecule has 0 spiro atoms. The summed E-state index contributed by atoms with van der Waals surface area (Å²) in [4.78, 5) is 20.6. The van der Waals surface area contributed by atoms with Gasteiger partial charge >= 0.3 is 11.9 Å². The van der Waals surface area contributed by atoms with Gasteiger partial charge in [-0.2, -0.15) is 0 Å². The molecule has 1 aromatic rings. The SMILES string of the molecule is CCCCCCCCC=CCCCCCCCC(=O)O.Nc1ccc(C(=O)O)cc1.[Eu]. The van der Waals surface area contributed by atoms with Crippen molar-refractivity contribution < 1.29 is 69.2 Å². The van der Waals surface area contributed by atoms with Gasteiger partial charge in [-0.05, 0) is 56.4 Å². The predicted octanol–water partition coefficient (Wildman–Crippen LogP) is 7.08. The maximum absolute atomic E-state index is 10.3. The van der Waals surface area contributed by atoms with Gasteiger partial charge in [0.1, 0.15) is 0 Å². The second-order valence-electron chi connectivity index (χ2n) is 7.66. The predicted molar refractivity (Wildman–Crippen MR) is 125 cm³/mol. The normalized spacial score (nSPS) is 10.2. The molecule has 5 nitrogen and oxygen atoms in total. The van der Waals surface area contributed by atoms with E-state index >= 15 is 0 Å². The number of carboxylic acids is 2. The molecule has 0 bridgehead atoms. The largest absolute Gasteiger partial charge is 0.481 e. The van der Waals surface area contributed by atoms with Gasteiger partial charge in [-0.15, -0.1) is 0 Å². The van der Waals surface area contributed by atoms with Crippen molar-refractivity contribution in [3.8, 4) is 0 Å². The number of aromatic carboxylic acids is 1. The maximum atomic E-state index is 10.3. The second-order valence-corrected chi connectivity index (χ2v) is 7.66. The minimum Gasteiger partial charge on any atom is -0.481 e. The minimum absolute atomic E-state index is 0. The van der Waals surface area contributed by atoms with Crippen molar-refractivity contribution >= 4 is 17.6 Å². The number of anilines is 1. The fraction of sp³-hybridized carbons (Fsp3) is 0.600. The molecule has 177 valence electrons. The van der Waals surface area contributed by atoms with Crippen molar-refractivity contribution in [3.63, 3.8) is 0 Å². The Balaban J connectivity index is 0. The Hall–Kier alpha value is -0.716. The molecule has 1 radical (unpaired) electrons. The van der Waals surface area contributed by atoms with Crippen LogP contribution in [-0.4, -0.2) is 22.2 Å². The number of unbranched alkanes of at least 4 members (excludes halogenated alkanes) is 11. The number of carboxylic acid groups (broad SMARTS) is 2. The Morgan fingerprint density at radius 3 is 1.68 bits per heavy atom. The zero-order valence-electron chi connectivity index (χ0n) is 19.0. The minimum atomic E-state index is -0.931. The average Bonchev–Trinajstić information content (AvgIpc) is 2.71. The Morgan fingerprint density at radius 2 is 1.23 bits per heavy atom. The molecule has 4 N–H and O–H groups in total. The van der Waals surface area contributed by atoms with Crippen LogP contribution in [0.4, 0.5) is 5.69 Å². The molecule has 6 heteroatoms. The van der Waals surface area contributed by atoms with E-state index in [9.17, 15) is 9.59 Å². The van der Waals surface area contributed by atoms with Crippen LogP contribution in [0.15, 0.2) is 36.4 Å². The molecule has 0 heterocycles. The van der Waals surface area contributed by atoms with Crippen molar-refractivity contribution in [2.45, 2.75) is 96.8 Å². The molecule has 0 amide bonds. The number of allylic oxidation sites excluding steroid dienone is 2. The number of nitrogens with two attached hydrogens (primary N) is 1. The van der Waals surface area contributed by atoms with Crippen LogP contribution in [0, 0.1) is 49.4 Å². The second kappa shape index (κ2) is 23.9. The molecule has 0 unspecified atom stereocenters. The molecule has 0 aliphatic heterocycles. The Morgan fingerprint density at radius 1 is 0.774 bits per heavy atom. The van der Waals surface area contributed by atoms with Gasteiger partial charge in [0.15, 0.2) is 0 Å². The number of hydrogen-bond donors (Lipinski definition) is 3. The third kappa shape index (κ3) is 23.8. The van der Waals surface area contributed by atoms with Crippen molar-refractivity contribution in [1.29, 1.82) is 0 Å². The van der Waals surface area contributed by atoms with Crippen molar-refractivity contribution in [2.24, 2.45) is 0 Å². The zero-order chi connectivity index (χ0) is 22.5. The monoisotopic (exact) mass is 572 g/mol. The number of hydrogen-bond acceptors (Lipinski definition) is 3. The van der Waals surface area contributed by atoms with E-state index in [2.05, 4.69) is 19.1 Å². The number of benzene rings is 1. The standard InChI is InChI=1S/C18H34O2.C7H7NO2.Eu/c1-2-3-4-5-6-7-8-9-10-11-12-13-14-15-16-17-18(19)20;8-6-3-1-5(2-4-6)7(9)10;/h9-10H,2-8,11-17H2,1H3,(H,19,20);1-4H,8H2,(H,9,10);. The van der Waals surface area contributed by atoms with Crippen molar-refractivity contribution in [1.82, 2.24) is 0 Å². The molecule has 0 atom stereocenters. The summed E-state index contributed by atoms with van der Waals surface area (Å²) in [6, 6.07) is 6.06. The first-order valence-electron chi connectivity index (χ1n) is 11.4. The van der Waals surface area contributed by atoms with Gasteiger partial charge in [-0.25, -0.2) is 4.79 Å². The summed E-state index contributed by atoms with van der Waals surface area (Å²) in [5.41, 5.74) is 6.17. The Labute approximate surface area is 229 Å². The molecule has 31 heavy (non-hydrogen) atoms. The quantitative estimate of drug-likeness (QED) is 0.112. The Bertz CT molecular complexity index is 588. The third-order valence-corrected chi connectivity index (χ3v) is 4.81. The first-order valence-corrected chi connectivity index (χ1v) is 11.4. The van der Waals surface area contributed by atoms with Gasteiger partial charge in [0.05, 0.1) is 5.56 Å². The van der Waals surface area contributed by atoms with E-state index in [1.54, 1.807) is 12.1 Å². The van der Waals surface area contributed by atoms with Crippen LogP contribution < -0.4 is 5.73 Å². The molecular formula is C25H41EuNO4. The van der Waals surface area contributed by atoms with Gasteiger partial charge < -0.3 is 15.9 Å². The number of nitrogen functional groups attached to an aromatic ring is 1. The van der Waals surface area contributed by atoms with Crippen molar-refractivity contribution in [2.75, 3.05) is 5.73 Å². The first-order chi connectivity index (χ1) is 14.5. The topological polar surface area (TPSA) is 101 Å². The van der Waals surface area contributed by atoms with Gasteiger partial charge in [0, 0.05) is 61.5 Å². The van der Waals surface area contributed by atoms with Crippen LogP contribution >= 0.6 is 0 Å². The number of rotatable bonds is 16. The number of carbonyl (C=O) groups is 2. The van der Waals surface area contributed by atoms with E-state index in [-0.39, 0.29) is 54.9 Å². The van der Waals surface area contributed by atoms with Crippen LogP contribution in [0.1, 0.15) is 107 Å². The zero-order valence-corrected chi connectivity index (χ0v) is 21.5. The van der Waals surface area contributed by atoms with Crippen LogP contribution in [0.2, 0.25) is 0 Å². The van der Waals surface area contributed by atoms with E-state index < -0.39 is 11.9 Å². The van der Waals surface area contributed by atoms with E-state index in [1.807, 2.05) is 0 Å². The Kier molecular flexibility index (Phi) is 25.1. The molecule has 0 saturated carbocycles. The molecule has 0 fully saturated rings. The third-order valence-electron chi connectivity index (χ3n) is 4.81.